The minimum atomic E-state index is -0.465. The van der Waals surface area contributed by atoms with Crippen LogP contribution in [0.1, 0.15) is 28.4 Å². The van der Waals surface area contributed by atoms with Crippen molar-refractivity contribution in [1.29, 1.82) is 0 Å². The van der Waals surface area contributed by atoms with Crippen molar-refractivity contribution in [2.45, 2.75) is 12.5 Å². The smallest absolute Gasteiger partial charge is 0.211 e. The van der Waals surface area contributed by atoms with Crippen LogP contribution in [-0.4, -0.2) is 41.3 Å². The molecule has 3 rings (SSSR count). The number of ketones is 1. The lowest BCUT2D eigenvalue weighted by atomic mass is 9.94. The van der Waals surface area contributed by atoms with Gasteiger partial charge in [0.25, 0.3) is 0 Å². The standard InChI is InChI=1S/C20H22O7/c1-22-12-8-6-11(7-9-12)14-10-13(21)15-16(23-2)18(24-3)20(26-5)19(25-4)17(15)27-14/h6-9,14H,10H2,1-5H3. The fraction of sp³-hybridized carbons (Fsp3) is 0.350. The molecule has 0 saturated carbocycles. The molecule has 1 heterocycles. The lowest BCUT2D eigenvalue weighted by molar-refractivity contribution is 0.0833. The molecule has 1 atom stereocenters. The number of carbonyl (C=O) groups is 1. The van der Waals surface area contributed by atoms with Crippen LogP contribution in [-0.2, 0) is 0 Å². The van der Waals surface area contributed by atoms with Gasteiger partial charge in [0.2, 0.25) is 17.2 Å². The summed E-state index contributed by atoms with van der Waals surface area (Å²) >= 11 is 0. The Morgan fingerprint density at radius 3 is 1.85 bits per heavy atom. The van der Waals surface area contributed by atoms with Gasteiger partial charge in [-0.15, -0.1) is 0 Å². The average Bonchev–Trinajstić information content (AvgIpc) is 2.71. The molecule has 144 valence electrons. The van der Waals surface area contributed by atoms with Crippen LogP contribution in [0.5, 0.6) is 34.5 Å². The van der Waals surface area contributed by atoms with Gasteiger partial charge < -0.3 is 28.4 Å². The van der Waals surface area contributed by atoms with E-state index in [9.17, 15) is 4.79 Å². The summed E-state index contributed by atoms with van der Waals surface area (Å²) < 4.78 is 33.1. The van der Waals surface area contributed by atoms with Crippen LogP contribution in [0.15, 0.2) is 24.3 Å². The van der Waals surface area contributed by atoms with E-state index in [0.717, 1.165) is 11.3 Å². The van der Waals surface area contributed by atoms with E-state index in [0.29, 0.717) is 5.75 Å². The molecule has 0 bridgehead atoms. The van der Waals surface area contributed by atoms with E-state index in [1.54, 1.807) is 7.11 Å². The maximum Gasteiger partial charge on any atom is 0.211 e. The van der Waals surface area contributed by atoms with E-state index < -0.39 is 6.10 Å². The highest BCUT2D eigenvalue weighted by molar-refractivity contribution is 6.05. The minimum Gasteiger partial charge on any atom is -0.497 e. The summed E-state index contributed by atoms with van der Waals surface area (Å²) in [6.07, 6.45) is -0.304. The Kier molecular flexibility index (Phi) is 5.30. The van der Waals surface area contributed by atoms with E-state index in [4.69, 9.17) is 28.4 Å². The molecular formula is C20H22O7. The van der Waals surface area contributed by atoms with E-state index >= 15 is 0 Å². The number of hydrogen-bond donors (Lipinski definition) is 0. The number of methoxy groups -OCH3 is 5. The molecule has 27 heavy (non-hydrogen) atoms. The lowest BCUT2D eigenvalue weighted by Gasteiger charge is -2.29. The third kappa shape index (κ3) is 3.09. The summed E-state index contributed by atoms with van der Waals surface area (Å²) in [6.45, 7) is 0. The second kappa shape index (κ2) is 7.65. The maximum absolute atomic E-state index is 13.0. The molecule has 0 saturated heterocycles. The summed E-state index contributed by atoms with van der Waals surface area (Å²) in [4.78, 5) is 13.0. The minimum absolute atomic E-state index is 0.131. The third-order valence-corrected chi connectivity index (χ3v) is 4.49. The van der Waals surface area contributed by atoms with Crippen LogP contribution < -0.4 is 28.4 Å². The first-order valence-electron chi connectivity index (χ1n) is 8.33. The Morgan fingerprint density at radius 2 is 1.33 bits per heavy atom. The summed E-state index contributed by atoms with van der Waals surface area (Å²) in [5, 5.41) is 0. The zero-order valence-electron chi connectivity index (χ0n) is 16.0. The van der Waals surface area contributed by atoms with Gasteiger partial charge >= 0.3 is 0 Å². The van der Waals surface area contributed by atoms with Gasteiger partial charge in [0, 0.05) is 0 Å². The molecule has 7 heteroatoms. The monoisotopic (exact) mass is 374 g/mol. The average molecular weight is 374 g/mol. The molecule has 1 unspecified atom stereocenters. The summed E-state index contributed by atoms with van der Waals surface area (Å²) in [5.41, 5.74) is 1.14. The first-order valence-corrected chi connectivity index (χ1v) is 8.33. The molecule has 0 spiro atoms. The second-order valence-corrected chi connectivity index (χ2v) is 5.84. The van der Waals surface area contributed by atoms with Gasteiger partial charge in [-0.05, 0) is 17.7 Å². The number of rotatable bonds is 6. The largest absolute Gasteiger partial charge is 0.497 e. The van der Waals surface area contributed by atoms with Crippen molar-refractivity contribution in [2.24, 2.45) is 0 Å². The highest BCUT2D eigenvalue weighted by Gasteiger charge is 2.38. The van der Waals surface area contributed by atoms with Gasteiger partial charge in [0.1, 0.15) is 17.4 Å². The maximum atomic E-state index is 13.0. The van der Waals surface area contributed by atoms with Crippen LogP contribution in [0.4, 0.5) is 0 Å². The lowest BCUT2D eigenvalue weighted by Crippen LogP contribution is -2.22. The summed E-state index contributed by atoms with van der Waals surface area (Å²) in [5.74, 6) is 2.03. The molecule has 7 nitrogen and oxygen atoms in total. The Morgan fingerprint density at radius 1 is 0.778 bits per heavy atom. The van der Waals surface area contributed by atoms with Crippen LogP contribution in [0.2, 0.25) is 0 Å². The zero-order chi connectivity index (χ0) is 19.6. The van der Waals surface area contributed by atoms with Crippen LogP contribution >= 0.6 is 0 Å². The molecule has 0 amide bonds. The molecule has 2 aromatic carbocycles. The molecule has 1 aliphatic heterocycles. The first-order chi connectivity index (χ1) is 13.1. The van der Waals surface area contributed by atoms with E-state index in [1.807, 2.05) is 24.3 Å². The second-order valence-electron chi connectivity index (χ2n) is 5.84. The van der Waals surface area contributed by atoms with Gasteiger partial charge in [0.05, 0.1) is 42.0 Å². The fourth-order valence-electron chi connectivity index (χ4n) is 3.21. The molecule has 0 aromatic heterocycles. The van der Waals surface area contributed by atoms with Crippen molar-refractivity contribution in [3.05, 3.63) is 35.4 Å². The number of Topliss-reactive ketones (excluding diaryl/α,β-unsaturated/α-hetero) is 1. The Bertz CT molecular complexity index is 843. The topological polar surface area (TPSA) is 72.5 Å². The normalized spacial score (nSPS) is 15.4. The van der Waals surface area contributed by atoms with Gasteiger partial charge in [-0.3, -0.25) is 4.79 Å². The van der Waals surface area contributed by atoms with Crippen LogP contribution in [0.3, 0.4) is 0 Å². The molecule has 2 aromatic rings. The Balaban J connectivity index is 2.14. The number of ether oxygens (including phenoxy) is 6. The molecular weight excluding hydrogens is 352 g/mol. The molecule has 1 aliphatic rings. The van der Waals surface area contributed by atoms with Crippen molar-refractivity contribution >= 4 is 5.78 Å². The van der Waals surface area contributed by atoms with E-state index in [-0.39, 0.29) is 40.8 Å². The van der Waals surface area contributed by atoms with Crippen LogP contribution in [0.25, 0.3) is 0 Å². The van der Waals surface area contributed by atoms with Crippen LogP contribution in [0, 0.1) is 0 Å². The van der Waals surface area contributed by atoms with Crippen molar-refractivity contribution in [3.8, 4) is 34.5 Å². The Hall–Kier alpha value is -3.09. The van der Waals surface area contributed by atoms with E-state index in [1.165, 1.54) is 28.4 Å². The predicted molar refractivity (Wildman–Crippen MR) is 98.0 cm³/mol. The Labute approximate surface area is 157 Å². The quantitative estimate of drug-likeness (QED) is 0.767. The number of hydrogen-bond acceptors (Lipinski definition) is 7. The van der Waals surface area contributed by atoms with Gasteiger partial charge in [-0.1, -0.05) is 12.1 Å². The number of fused-ring (bicyclic) bond motifs is 1. The first kappa shape index (κ1) is 18.7. The summed E-state index contributed by atoms with van der Waals surface area (Å²) in [6, 6.07) is 7.38. The molecule has 0 aliphatic carbocycles. The third-order valence-electron chi connectivity index (χ3n) is 4.49. The van der Waals surface area contributed by atoms with Gasteiger partial charge in [0.15, 0.2) is 17.3 Å². The highest BCUT2D eigenvalue weighted by Crippen LogP contribution is 2.56. The SMILES string of the molecule is COc1ccc(C2CC(=O)c3c(OC)c(OC)c(OC)c(OC)c3O2)cc1. The van der Waals surface area contributed by atoms with Crippen molar-refractivity contribution in [2.75, 3.05) is 35.5 Å². The van der Waals surface area contributed by atoms with Gasteiger partial charge in [-0.2, -0.15) is 0 Å². The number of carbonyl (C=O) groups excluding carboxylic acids is 1. The van der Waals surface area contributed by atoms with Crippen molar-refractivity contribution < 1.29 is 33.2 Å². The highest BCUT2D eigenvalue weighted by atomic mass is 16.6. The molecule has 0 fully saturated rings. The zero-order valence-corrected chi connectivity index (χ0v) is 16.0. The van der Waals surface area contributed by atoms with Crippen molar-refractivity contribution in [3.63, 3.8) is 0 Å². The number of benzene rings is 2. The molecule has 0 radical (unpaired) electrons. The van der Waals surface area contributed by atoms with E-state index in [2.05, 4.69) is 0 Å². The predicted octanol–water partition coefficient (Wildman–Crippen LogP) is 3.44. The van der Waals surface area contributed by atoms with Gasteiger partial charge in [-0.25, -0.2) is 0 Å². The molecule has 0 N–H and O–H groups in total. The fourth-order valence-corrected chi connectivity index (χ4v) is 3.21. The summed E-state index contributed by atoms with van der Waals surface area (Å²) in [7, 11) is 7.50. The van der Waals surface area contributed by atoms with Crippen molar-refractivity contribution in [1.82, 2.24) is 0 Å².